The summed E-state index contributed by atoms with van der Waals surface area (Å²) in [6.45, 7) is 2.11. The fraction of sp³-hybridized carbons (Fsp3) is 0.333. The van der Waals surface area contributed by atoms with Crippen molar-refractivity contribution in [2.75, 3.05) is 13.1 Å². The first-order valence-electron chi connectivity index (χ1n) is 5.30. The van der Waals surface area contributed by atoms with Gasteiger partial charge in [-0.1, -0.05) is 6.07 Å². The number of nitrogens with one attached hydrogen (secondary N) is 2. The van der Waals surface area contributed by atoms with Crippen molar-refractivity contribution < 1.29 is 4.39 Å². The summed E-state index contributed by atoms with van der Waals surface area (Å²) in [5.74, 6) is 0.555. The summed E-state index contributed by atoms with van der Waals surface area (Å²) < 4.78 is 13.6. The molecule has 1 aromatic carbocycles. The molecule has 1 saturated heterocycles. The molecule has 78 valence electrons. The fourth-order valence-electron chi connectivity index (χ4n) is 2.17. The Balaban J connectivity index is 2.02. The summed E-state index contributed by atoms with van der Waals surface area (Å²) in [5, 5.41) is 4.00. The highest BCUT2D eigenvalue weighted by atomic mass is 19.1. The van der Waals surface area contributed by atoms with Crippen molar-refractivity contribution in [2.45, 2.75) is 6.42 Å². The van der Waals surface area contributed by atoms with Gasteiger partial charge in [0.15, 0.2) is 0 Å². The average Bonchev–Trinajstić information content (AvgIpc) is 2.56. The van der Waals surface area contributed by atoms with E-state index in [4.69, 9.17) is 0 Å². The lowest BCUT2D eigenvalue weighted by atomic mass is 9.94. The van der Waals surface area contributed by atoms with Gasteiger partial charge in [0.2, 0.25) is 0 Å². The fourth-order valence-corrected chi connectivity index (χ4v) is 2.17. The van der Waals surface area contributed by atoms with Crippen LogP contribution in [0.4, 0.5) is 4.39 Å². The second-order valence-corrected chi connectivity index (χ2v) is 4.20. The number of fused-ring (bicyclic) bond motifs is 1. The third-order valence-electron chi connectivity index (χ3n) is 3.11. The van der Waals surface area contributed by atoms with E-state index in [1.807, 2.05) is 12.3 Å². The summed E-state index contributed by atoms with van der Waals surface area (Å²) in [7, 11) is 0. The van der Waals surface area contributed by atoms with Crippen molar-refractivity contribution in [1.82, 2.24) is 10.3 Å². The van der Waals surface area contributed by atoms with Crippen LogP contribution in [0, 0.1) is 11.7 Å². The Morgan fingerprint density at radius 1 is 1.33 bits per heavy atom. The van der Waals surface area contributed by atoms with E-state index in [9.17, 15) is 4.39 Å². The number of aromatic amines is 1. The van der Waals surface area contributed by atoms with Gasteiger partial charge in [-0.3, -0.25) is 0 Å². The third-order valence-corrected chi connectivity index (χ3v) is 3.11. The quantitative estimate of drug-likeness (QED) is 0.770. The van der Waals surface area contributed by atoms with Gasteiger partial charge in [-0.25, -0.2) is 4.39 Å². The number of hydrogen-bond acceptors (Lipinski definition) is 1. The lowest BCUT2D eigenvalue weighted by molar-refractivity contribution is 0.347. The molecular formula is C12H13FN2. The van der Waals surface area contributed by atoms with E-state index >= 15 is 0 Å². The maximum atomic E-state index is 13.6. The van der Waals surface area contributed by atoms with Crippen LogP contribution in [0.1, 0.15) is 5.56 Å². The highest BCUT2D eigenvalue weighted by molar-refractivity contribution is 5.83. The first-order valence-corrected chi connectivity index (χ1v) is 5.30. The zero-order valence-corrected chi connectivity index (χ0v) is 8.39. The van der Waals surface area contributed by atoms with E-state index in [-0.39, 0.29) is 5.82 Å². The Labute approximate surface area is 87.5 Å². The molecule has 0 radical (unpaired) electrons. The topological polar surface area (TPSA) is 27.8 Å². The van der Waals surface area contributed by atoms with Crippen LogP contribution >= 0.6 is 0 Å². The van der Waals surface area contributed by atoms with Crippen LogP contribution < -0.4 is 5.32 Å². The second kappa shape index (κ2) is 3.35. The molecule has 0 atom stereocenters. The normalized spacial score (nSPS) is 16.9. The molecule has 1 aromatic heterocycles. The van der Waals surface area contributed by atoms with Gasteiger partial charge in [0.25, 0.3) is 0 Å². The monoisotopic (exact) mass is 204 g/mol. The Bertz CT molecular complexity index is 485. The molecule has 0 aliphatic carbocycles. The van der Waals surface area contributed by atoms with E-state index in [1.165, 1.54) is 6.07 Å². The molecule has 0 bridgehead atoms. The summed E-state index contributed by atoms with van der Waals surface area (Å²) in [5.41, 5.74) is 2.01. The standard InChI is InChI=1S/C12H13FN2/c13-10-2-1-3-11-12(10)9(7-15-11)4-8-5-14-6-8/h1-3,7-8,14-15H,4-6H2. The molecule has 0 saturated carbocycles. The van der Waals surface area contributed by atoms with Gasteiger partial charge in [-0.2, -0.15) is 0 Å². The number of benzene rings is 1. The van der Waals surface area contributed by atoms with E-state index in [2.05, 4.69) is 10.3 Å². The van der Waals surface area contributed by atoms with E-state index in [1.54, 1.807) is 6.07 Å². The Morgan fingerprint density at radius 3 is 2.93 bits per heavy atom. The molecule has 2 aromatic rings. The minimum Gasteiger partial charge on any atom is -0.361 e. The number of hydrogen-bond donors (Lipinski definition) is 2. The van der Waals surface area contributed by atoms with Crippen molar-refractivity contribution in [3.63, 3.8) is 0 Å². The van der Waals surface area contributed by atoms with Crippen molar-refractivity contribution in [1.29, 1.82) is 0 Å². The van der Waals surface area contributed by atoms with Gasteiger partial charge in [-0.15, -0.1) is 0 Å². The van der Waals surface area contributed by atoms with Gasteiger partial charge in [0.1, 0.15) is 5.82 Å². The molecule has 3 heteroatoms. The average molecular weight is 204 g/mol. The lowest BCUT2D eigenvalue weighted by Gasteiger charge is -2.26. The van der Waals surface area contributed by atoms with Gasteiger partial charge in [-0.05, 0) is 43.1 Å². The molecular weight excluding hydrogens is 191 g/mol. The minimum absolute atomic E-state index is 0.115. The number of rotatable bonds is 2. The van der Waals surface area contributed by atoms with E-state index in [0.29, 0.717) is 5.92 Å². The highest BCUT2D eigenvalue weighted by Crippen LogP contribution is 2.24. The molecule has 0 spiro atoms. The van der Waals surface area contributed by atoms with Crippen LogP contribution in [0.2, 0.25) is 0 Å². The summed E-state index contributed by atoms with van der Waals surface area (Å²) in [6.07, 6.45) is 2.90. The number of H-pyrrole nitrogens is 1. The number of halogens is 1. The third kappa shape index (κ3) is 1.43. The Kier molecular flexibility index (Phi) is 1.99. The predicted octanol–water partition coefficient (Wildman–Crippen LogP) is 2.07. The second-order valence-electron chi connectivity index (χ2n) is 4.20. The zero-order valence-electron chi connectivity index (χ0n) is 8.39. The van der Waals surface area contributed by atoms with Gasteiger partial charge < -0.3 is 10.3 Å². The van der Waals surface area contributed by atoms with Crippen LogP contribution in [0.25, 0.3) is 10.9 Å². The Hall–Kier alpha value is -1.35. The molecule has 2 nitrogen and oxygen atoms in total. The molecule has 2 N–H and O–H groups in total. The van der Waals surface area contributed by atoms with Crippen LogP contribution in [0.15, 0.2) is 24.4 Å². The van der Waals surface area contributed by atoms with Crippen molar-refractivity contribution in [2.24, 2.45) is 5.92 Å². The largest absolute Gasteiger partial charge is 0.361 e. The molecule has 1 aliphatic heterocycles. The molecule has 1 aliphatic rings. The smallest absolute Gasteiger partial charge is 0.132 e. The predicted molar refractivity (Wildman–Crippen MR) is 58.3 cm³/mol. The summed E-state index contributed by atoms with van der Waals surface area (Å²) in [4.78, 5) is 3.12. The molecule has 15 heavy (non-hydrogen) atoms. The lowest BCUT2D eigenvalue weighted by Crippen LogP contribution is -2.43. The maximum absolute atomic E-state index is 13.6. The molecule has 2 heterocycles. The molecule has 0 amide bonds. The first kappa shape index (κ1) is 8.92. The minimum atomic E-state index is -0.115. The molecule has 1 fully saturated rings. The van der Waals surface area contributed by atoms with Gasteiger partial charge in [0, 0.05) is 17.1 Å². The number of aromatic nitrogens is 1. The van der Waals surface area contributed by atoms with E-state index in [0.717, 1.165) is 36.0 Å². The van der Waals surface area contributed by atoms with Crippen LogP contribution in [-0.2, 0) is 6.42 Å². The van der Waals surface area contributed by atoms with Gasteiger partial charge in [0.05, 0.1) is 0 Å². The van der Waals surface area contributed by atoms with Crippen molar-refractivity contribution in [3.05, 3.63) is 35.8 Å². The van der Waals surface area contributed by atoms with Crippen LogP contribution in [0.5, 0.6) is 0 Å². The zero-order chi connectivity index (χ0) is 10.3. The van der Waals surface area contributed by atoms with Crippen molar-refractivity contribution in [3.8, 4) is 0 Å². The van der Waals surface area contributed by atoms with Crippen LogP contribution in [0.3, 0.4) is 0 Å². The molecule has 3 rings (SSSR count). The van der Waals surface area contributed by atoms with Crippen LogP contribution in [-0.4, -0.2) is 18.1 Å². The Morgan fingerprint density at radius 2 is 2.20 bits per heavy atom. The van der Waals surface area contributed by atoms with E-state index < -0.39 is 0 Å². The summed E-state index contributed by atoms with van der Waals surface area (Å²) >= 11 is 0. The highest BCUT2D eigenvalue weighted by Gasteiger charge is 2.19. The van der Waals surface area contributed by atoms with Crippen molar-refractivity contribution >= 4 is 10.9 Å². The maximum Gasteiger partial charge on any atom is 0.132 e. The first-order chi connectivity index (χ1) is 7.34. The molecule has 0 unspecified atom stereocenters. The van der Waals surface area contributed by atoms with Gasteiger partial charge >= 0.3 is 0 Å². The SMILES string of the molecule is Fc1cccc2[nH]cc(CC3CNC3)c12. The summed E-state index contributed by atoms with van der Waals surface area (Å²) in [6, 6.07) is 5.18.